The maximum atomic E-state index is 13.1. The van der Waals surface area contributed by atoms with Crippen LogP contribution in [0.25, 0.3) is 0 Å². The molecule has 4 rings (SSSR count). The van der Waals surface area contributed by atoms with E-state index >= 15 is 0 Å². The molecule has 164 valence electrons. The Bertz CT molecular complexity index is 924. The highest BCUT2D eigenvalue weighted by molar-refractivity contribution is 5.98. The van der Waals surface area contributed by atoms with Gasteiger partial charge in [-0.2, -0.15) is 0 Å². The summed E-state index contributed by atoms with van der Waals surface area (Å²) in [6, 6.07) is 11.0. The topological polar surface area (TPSA) is 133 Å². The van der Waals surface area contributed by atoms with Gasteiger partial charge in [0.2, 0.25) is 5.91 Å². The fourth-order valence-corrected chi connectivity index (χ4v) is 4.26. The first-order chi connectivity index (χ1) is 15.0. The summed E-state index contributed by atoms with van der Waals surface area (Å²) in [5.41, 5.74) is 8.58. The molecule has 2 fully saturated rings. The van der Waals surface area contributed by atoms with Crippen molar-refractivity contribution in [2.75, 3.05) is 29.9 Å². The SMILES string of the molecule is NC1NCC(c2ccccc2)NC1C(=O)Nc1cnccc1N1CCCC(C(=O)O)C1. The van der Waals surface area contributed by atoms with Gasteiger partial charge in [-0.3, -0.25) is 25.2 Å². The number of aliphatic carboxylic acids is 1. The lowest BCUT2D eigenvalue weighted by Crippen LogP contribution is -2.65. The van der Waals surface area contributed by atoms with Gasteiger partial charge in [0.15, 0.2) is 0 Å². The van der Waals surface area contributed by atoms with E-state index in [1.807, 2.05) is 35.2 Å². The first kappa shape index (κ1) is 21.2. The number of hydrogen-bond donors (Lipinski definition) is 5. The minimum Gasteiger partial charge on any atom is -0.481 e. The van der Waals surface area contributed by atoms with Crippen LogP contribution in [0, 0.1) is 5.92 Å². The van der Waals surface area contributed by atoms with Crippen LogP contribution in [0.1, 0.15) is 24.4 Å². The van der Waals surface area contributed by atoms with Gasteiger partial charge in [0.05, 0.1) is 29.7 Å². The van der Waals surface area contributed by atoms with Crippen LogP contribution < -0.4 is 26.6 Å². The number of benzene rings is 1. The number of amides is 1. The largest absolute Gasteiger partial charge is 0.481 e. The molecule has 4 atom stereocenters. The number of nitrogens with two attached hydrogens (primary N) is 1. The Hall–Kier alpha value is -3.01. The lowest BCUT2D eigenvalue weighted by atomic mass is 9.97. The lowest BCUT2D eigenvalue weighted by molar-refractivity contribution is -0.142. The molecule has 1 aromatic heterocycles. The van der Waals surface area contributed by atoms with Crippen molar-refractivity contribution < 1.29 is 14.7 Å². The van der Waals surface area contributed by atoms with E-state index in [0.717, 1.165) is 24.2 Å². The van der Waals surface area contributed by atoms with Crippen LogP contribution >= 0.6 is 0 Å². The Morgan fingerprint density at radius 2 is 2.03 bits per heavy atom. The zero-order valence-corrected chi connectivity index (χ0v) is 17.2. The van der Waals surface area contributed by atoms with Crippen molar-refractivity contribution in [2.45, 2.75) is 31.1 Å². The van der Waals surface area contributed by atoms with Crippen LogP contribution in [-0.4, -0.2) is 53.8 Å². The molecule has 0 aliphatic carbocycles. The van der Waals surface area contributed by atoms with Gasteiger partial charge >= 0.3 is 5.97 Å². The van der Waals surface area contributed by atoms with Crippen molar-refractivity contribution in [1.29, 1.82) is 0 Å². The number of nitrogens with one attached hydrogen (secondary N) is 3. The standard InChI is InChI=1S/C22H28N6O3/c23-20-19(26-16(12-25-20)14-5-2-1-3-6-14)21(29)27-17-11-24-9-8-18(17)28-10-4-7-15(13-28)22(30)31/h1-3,5-6,8-9,11,15-16,19-20,25-26H,4,7,10,12-13,23H2,(H,27,29)(H,30,31). The molecule has 0 radical (unpaired) electrons. The molecule has 0 bridgehead atoms. The van der Waals surface area contributed by atoms with Gasteiger partial charge in [0, 0.05) is 31.9 Å². The monoisotopic (exact) mass is 424 g/mol. The Kier molecular flexibility index (Phi) is 6.45. The van der Waals surface area contributed by atoms with E-state index in [4.69, 9.17) is 5.73 Å². The number of carboxylic acids is 1. The highest BCUT2D eigenvalue weighted by atomic mass is 16.4. The number of nitrogens with zero attached hydrogens (tertiary/aromatic N) is 2. The third-order valence-corrected chi connectivity index (χ3v) is 5.95. The average Bonchev–Trinajstić information content (AvgIpc) is 2.80. The Balaban J connectivity index is 1.49. The van der Waals surface area contributed by atoms with E-state index in [9.17, 15) is 14.7 Å². The number of piperazine rings is 1. The molecule has 2 aromatic rings. The summed E-state index contributed by atoms with van der Waals surface area (Å²) in [4.78, 5) is 30.7. The van der Waals surface area contributed by atoms with E-state index in [-0.39, 0.29) is 11.9 Å². The quantitative estimate of drug-likeness (QED) is 0.478. The van der Waals surface area contributed by atoms with E-state index in [1.165, 1.54) is 0 Å². The second-order valence-electron chi connectivity index (χ2n) is 8.05. The summed E-state index contributed by atoms with van der Waals surface area (Å²) in [5.74, 6) is -1.48. The highest BCUT2D eigenvalue weighted by Crippen LogP contribution is 2.29. The van der Waals surface area contributed by atoms with Gasteiger partial charge in [-0.1, -0.05) is 30.3 Å². The summed E-state index contributed by atoms with van der Waals surface area (Å²) in [6.07, 6.45) is 4.14. The molecule has 31 heavy (non-hydrogen) atoms. The number of piperidine rings is 1. The second-order valence-corrected chi connectivity index (χ2v) is 8.05. The smallest absolute Gasteiger partial charge is 0.308 e. The third-order valence-electron chi connectivity index (χ3n) is 5.95. The molecule has 4 unspecified atom stereocenters. The van der Waals surface area contributed by atoms with Gasteiger partial charge < -0.3 is 21.1 Å². The molecule has 0 saturated carbocycles. The molecule has 2 saturated heterocycles. The molecular formula is C22H28N6O3. The number of aromatic nitrogens is 1. The molecule has 3 heterocycles. The zero-order valence-electron chi connectivity index (χ0n) is 17.2. The Morgan fingerprint density at radius 3 is 2.81 bits per heavy atom. The van der Waals surface area contributed by atoms with E-state index in [1.54, 1.807) is 18.5 Å². The van der Waals surface area contributed by atoms with Gasteiger partial charge in [-0.15, -0.1) is 0 Å². The predicted molar refractivity (Wildman–Crippen MR) is 118 cm³/mol. The van der Waals surface area contributed by atoms with Crippen LogP contribution in [0.4, 0.5) is 11.4 Å². The van der Waals surface area contributed by atoms with Crippen molar-refractivity contribution in [2.24, 2.45) is 11.7 Å². The van der Waals surface area contributed by atoms with Crippen molar-refractivity contribution in [3.63, 3.8) is 0 Å². The fourth-order valence-electron chi connectivity index (χ4n) is 4.26. The van der Waals surface area contributed by atoms with E-state index in [2.05, 4.69) is 20.9 Å². The minimum atomic E-state index is -0.792. The van der Waals surface area contributed by atoms with Crippen LogP contribution in [-0.2, 0) is 9.59 Å². The summed E-state index contributed by atoms with van der Waals surface area (Å²) < 4.78 is 0. The molecule has 2 aliphatic rings. The number of anilines is 2. The van der Waals surface area contributed by atoms with Crippen molar-refractivity contribution in [3.05, 3.63) is 54.4 Å². The highest BCUT2D eigenvalue weighted by Gasteiger charge is 2.34. The predicted octanol–water partition coefficient (Wildman–Crippen LogP) is 0.909. The van der Waals surface area contributed by atoms with Crippen LogP contribution in [0.3, 0.4) is 0 Å². The third kappa shape index (κ3) is 4.84. The van der Waals surface area contributed by atoms with Crippen molar-refractivity contribution in [3.8, 4) is 0 Å². The van der Waals surface area contributed by atoms with Crippen molar-refractivity contribution >= 4 is 23.3 Å². The normalized spacial score (nSPS) is 26.3. The second kappa shape index (κ2) is 9.42. The van der Waals surface area contributed by atoms with Crippen LogP contribution in [0.15, 0.2) is 48.8 Å². The molecule has 1 amide bonds. The molecule has 1 aromatic carbocycles. The maximum absolute atomic E-state index is 13.1. The van der Waals surface area contributed by atoms with Crippen molar-refractivity contribution in [1.82, 2.24) is 15.6 Å². The van der Waals surface area contributed by atoms with Gasteiger partial charge in [-0.05, 0) is 24.5 Å². The van der Waals surface area contributed by atoms with Gasteiger partial charge in [0.1, 0.15) is 6.04 Å². The number of rotatable bonds is 5. The van der Waals surface area contributed by atoms with Crippen LogP contribution in [0.2, 0.25) is 0 Å². The lowest BCUT2D eigenvalue weighted by Gasteiger charge is -2.36. The summed E-state index contributed by atoms with van der Waals surface area (Å²) >= 11 is 0. The molecule has 9 nitrogen and oxygen atoms in total. The minimum absolute atomic E-state index is 0.0384. The zero-order chi connectivity index (χ0) is 21.8. The van der Waals surface area contributed by atoms with E-state index in [0.29, 0.717) is 25.2 Å². The molecular weight excluding hydrogens is 396 g/mol. The Labute approximate surface area is 181 Å². The summed E-state index contributed by atoms with van der Waals surface area (Å²) in [5, 5.41) is 18.9. The first-order valence-corrected chi connectivity index (χ1v) is 10.6. The van der Waals surface area contributed by atoms with Crippen LogP contribution in [0.5, 0.6) is 0 Å². The van der Waals surface area contributed by atoms with Gasteiger partial charge in [0.25, 0.3) is 0 Å². The maximum Gasteiger partial charge on any atom is 0.308 e. The molecule has 6 N–H and O–H groups in total. The first-order valence-electron chi connectivity index (χ1n) is 10.6. The number of hydrogen-bond acceptors (Lipinski definition) is 7. The number of carbonyl (C=O) groups is 2. The molecule has 9 heteroatoms. The Morgan fingerprint density at radius 1 is 1.23 bits per heavy atom. The fraction of sp³-hybridized carbons (Fsp3) is 0.409. The number of carbonyl (C=O) groups excluding carboxylic acids is 1. The average molecular weight is 425 g/mol. The molecule has 2 aliphatic heterocycles. The summed E-state index contributed by atoms with van der Waals surface area (Å²) in [6.45, 7) is 1.76. The number of carboxylic acid groups (broad SMARTS) is 1. The molecule has 0 spiro atoms. The van der Waals surface area contributed by atoms with E-state index < -0.39 is 24.1 Å². The van der Waals surface area contributed by atoms with Gasteiger partial charge in [-0.25, -0.2) is 0 Å². The summed E-state index contributed by atoms with van der Waals surface area (Å²) in [7, 11) is 0. The number of pyridine rings is 1.